The zero-order chi connectivity index (χ0) is 18.2. The van der Waals surface area contributed by atoms with Crippen molar-refractivity contribution >= 4 is 17.8 Å². The molecule has 3 aliphatic heterocycles. The van der Waals surface area contributed by atoms with E-state index in [2.05, 4.69) is 6.92 Å². The van der Waals surface area contributed by atoms with Crippen molar-refractivity contribution < 1.29 is 14.4 Å². The highest BCUT2D eigenvalue weighted by molar-refractivity contribution is 6.07. The number of likely N-dealkylation sites (tertiary alicyclic amines) is 1. The number of carbonyl (C=O) groups is 3. The Morgan fingerprint density at radius 3 is 2.48 bits per heavy atom. The largest absolute Gasteiger partial charge is 0.343 e. The second-order valence-corrected chi connectivity index (χ2v) is 8.20. The van der Waals surface area contributed by atoms with E-state index in [4.69, 9.17) is 0 Å². The number of nitrogens with zero attached hydrogens (tertiary/aromatic N) is 3. The Hall–Kier alpha value is -1.59. The van der Waals surface area contributed by atoms with Gasteiger partial charge in [-0.2, -0.15) is 0 Å². The SMILES string of the molecule is CCCC12CCCN1C(=O)N(C1CCN(C(=O)CC(C)C)CC1)C2=O. The van der Waals surface area contributed by atoms with Crippen LogP contribution >= 0.6 is 0 Å². The molecule has 0 aromatic rings. The first-order valence-electron chi connectivity index (χ1n) is 9.83. The Morgan fingerprint density at radius 1 is 1.20 bits per heavy atom. The Bertz CT molecular complexity index is 554. The van der Waals surface area contributed by atoms with Crippen molar-refractivity contribution in [2.45, 2.75) is 77.3 Å². The summed E-state index contributed by atoms with van der Waals surface area (Å²) in [5.74, 6) is 0.562. The van der Waals surface area contributed by atoms with Crippen LogP contribution in [0.4, 0.5) is 4.79 Å². The van der Waals surface area contributed by atoms with Crippen LogP contribution in [0.25, 0.3) is 0 Å². The normalized spacial score (nSPS) is 27.6. The summed E-state index contributed by atoms with van der Waals surface area (Å²) in [7, 11) is 0. The maximum Gasteiger partial charge on any atom is 0.327 e. The molecule has 6 heteroatoms. The van der Waals surface area contributed by atoms with Gasteiger partial charge in [0.25, 0.3) is 5.91 Å². The van der Waals surface area contributed by atoms with Crippen molar-refractivity contribution in [2.24, 2.45) is 5.92 Å². The second kappa shape index (κ2) is 6.96. The van der Waals surface area contributed by atoms with E-state index in [-0.39, 0.29) is 23.9 Å². The minimum absolute atomic E-state index is 0.0174. The van der Waals surface area contributed by atoms with Crippen molar-refractivity contribution in [1.82, 2.24) is 14.7 Å². The minimum atomic E-state index is -0.573. The highest BCUT2D eigenvalue weighted by Crippen LogP contribution is 2.42. The summed E-state index contributed by atoms with van der Waals surface area (Å²) < 4.78 is 0. The first-order valence-corrected chi connectivity index (χ1v) is 9.83. The number of urea groups is 1. The lowest BCUT2D eigenvalue weighted by Crippen LogP contribution is -2.50. The molecule has 0 spiro atoms. The van der Waals surface area contributed by atoms with Crippen molar-refractivity contribution in [2.75, 3.05) is 19.6 Å². The molecule has 3 saturated heterocycles. The molecule has 0 aromatic heterocycles. The molecule has 0 saturated carbocycles. The smallest absolute Gasteiger partial charge is 0.327 e. The van der Waals surface area contributed by atoms with Crippen LogP contribution in [0.2, 0.25) is 0 Å². The quantitative estimate of drug-likeness (QED) is 0.717. The summed E-state index contributed by atoms with van der Waals surface area (Å²) in [6.45, 7) is 8.17. The molecule has 3 fully saturated rings. The van der Waals surface area contributed by atoms with E-state index >= 15 is 0 Å². The van der Waals surface area contributed by atoms with Gasteiger partial charge in [0.15, 0.2) is 0 Å². The maximum atomic E-state index is 13.2. The Morgan fingerprint density at radius 2 is 1.88 bits per heavy atom. The monoisotopic (exact) mass is 349 g/mol. The molecule has 6 nitrogen and oxygen atoms in total. The highest BCUT2D eigenvalue weighted by Gasteiger charge is 2.60. The van der Waals surface area contributed by atoms with E-state index in [1.54, 1.807) is 4.90 Å². The van der Waals surface area contributed by atoms with Crippen LogP contribution in [0.1, 0.15) is 65.7 Å². The van der Waals surface area contributed by atoms with Gasteiger partial charge in [-0.1, -0.05) is 27.2 Å². The molecule has 3 heterocycles. The van der Waals surface area contributed by atoms with Crippen LogP contribution in [-0.2, 0) is 9.59 Å². The van der Waals surface area contributed by atoms with Crippen LogP contribution in [-0.4, -0.2) is 63.8 Å². The molecule has 140 valence electrons. The molecule has 25 heavy (non-hydrogen) atoms. The molecule has 3 rings (SSSR count). The topological polar surface area (TPSA) is 60.9 Å². The van der Waals surface area contributed by atoms with E-state index in [1.807, 2.05) is 23.6 Å². The molecule has 0 N–H and O–H groups in total. The molecular formula is C19H31N3O3. The van der Waals surface area contributed by atoms with Crippen LogP contribution in [0.3, 0.4) is 0 Å². The summed E-state index contributed by atoms with van der Waals surface area (Å²) in [5, 5.41) is 0. The lowest BCUT2D eigenvalue weighted by atomic mass is 9.90. The van der Waals surface area contributed by atoms with Gasteiger partial charge in [-0.3, -0.25) is 14.5 Å². The van der Waals surface area contributed by atoms with Gasteiger partial charge < -0.3 is 9.80 Å². The third kappa shape index (κ3) is 3.04. The second-order valence-electron chi connectivity index (χ2n) is 8.20. The van der Waals surface area contributed by atoms with Crippen LogP contribution in [0, 0.1) is 5.92 Å². The summed E-state index contributed by atoms with van der Waals surface area (Å²) in [6, 6.07) is -0.148. The fraction of sp³-hybridized carbons (Fsp3) is 0.842. The van der Waals surface area contributed by atoms with Crippen molar-refractivity contribution in [3.8, 4) is 0 Å². The van der Waals surface area contributed by atoms with Gasteiger partial charge in [-0.25, -0.2) is 4.79 Å². The van der Waals surface area contributed by atoms with Crippen LogP contribution in [0.15, 0.2) is 0 Å². The Balaban J connectivity index is 1.67. The average Bonchev–Trinajstić information content (AvgIpc) is 3.07. The van der Waals surface area contributed by atoms with Crippen molar-refractivity contribution in [3.05, 3.63) is 0 Å². The summed E-state index contributed by atoms with van der Waals surface area (Å²) in [6.07, 6.45) is 5.38. The molecule has 4 amide bonds. The Labute approximate surface area is 150 Å². The molecule has 0 bridgehead atoms. The first-order chi connectivity index (χ1) is 11.9. The number of imide groups is 1. The number of piperidine rings is 1. The van der Waals surface area contributed by atoms with Gasteiger partial charge in [-0.15, -0.1) is 0 Å². The predicted octanol–water partition coefficient (Wildman–Crippen LogP) is 2.62. The molecule has 1 atom stereocenters. The summed E-state index contributed by atoms with van der Waals surface area (Å²) >= 11 is 0. The van der Waals surface area contributed by atoms with Crippen LogP contribution < -0.4 is 0 Å². The van der Waals surface area contributed by atoms with E-state index in [0.29, 0.717) is 44.8 Å². The third-order valence-corrected chi connectivity index (χ3v) is 5.97. The zero-order valence-corrected chi connectivity index (χ0v) is 15.8. The number of hydrogen-bond donors (Lipinski definition) is 0. The number of hydrogen-bond acceptors (Lipinski definition) is 3. The highest BCUT2D eigenvalue weighted by atomic mass is 16.2. The molecule has 0 aliphatic carbocycles. The third-order valence-electron chi connectivity index (χ3n) is 5.97. The van der Waals surface area contributed by atoms with Crippen LogP contribution in [0.5, 0.6) is 0 Å². The van der Waals surface area contributed by atoms with E-state index in [9.17, 15) is 14.4 Å². The molecule has 0 aromatic carbocycles. The average molecular weight is 349 g/mol. The number of amides is 4. The van der Waals surface area contributed by atoms with E-state index < -0.39 is 5.54 Å². The Kier molecular flexibility index (Phi) is 5.07. The van der Waals surface area contributed by atoms with E-state index in [0.717, 1.165) is 25.7 Å². The van der Waals surface area contributed by atoms with Crippen molar-refractivity contribution in [3.63, 3.8) is 0 Å². The van der Waals surface area contributed by atoms with Gasteiger partial charge in [0.1, 0.15) is 5.54 Å². The molecule has 3 aliphatic rings. The standard InChI is InChI=1S/C19H31N3O3/c1-4-8-19-9-5-10-21(19)18(25)22(17(19)24)15-6-11-20(12-7-15)16(23)13-14(2)3/h14-15H,4-13H2,1-3H3. The van der Waals surface area contributed by atoms with Gasteiger partial charge in [-0.05, 0) is 38.0 Å². The molecule has 0 radical (unpaired) electrons. The molecular weight excluding hydrogens is 318 g/mol. The summed E-state index contributed by atoms with van der Waals surface area (Å²) in [4.78, 5) is 43.5. The fourth-order valence-corrected chi connectivity index (χ4v) is 4.78. The number of rotatable bonds is 5. The lowest BCUT2D eigenvalue weighted by molar-refractivity contribution is -0.136. The zero-order valence-electron chi connectivity index (χ0n) is 15.8. The fourth-order valence-electron chi connectivity index (χ4n) is 4.78. The first kappa shape index (κ1) is 18.2. The number of carbonyl (C=O) groups excluding carboxylic acids is 3. The van der Waals surface area contributed by atoms with Gasteiger partial charge in [0, 0.05) is 32.1 Å². The minimum Gasteiger partial charge on any atom is -0.343 e. The van der Waals surface area contributed by atoms with Gasteiger partial charge in [0.2, 0.25) is 5.91 Å². The van der Waals surface area contributed by atoms with Gasteiger partial charge in [0.05, 0.1) is 0 Å². The summed E-state index contributed by atoms with van der Waals surface area (Å²) in [5.41, 5.74) is -0.573. The van der Waals surface area contributed by atoms with Crippen molar-refractivity contribution in [1.29, 1.82) is 0 Å². The van der Waals surface area contributed by atoms with Gasteiger partial charge >= 0.3 is 6.03 Å². The maximum absolute atomic E-state index is 13.2. The van der Waals surface area contributed by atoms with E-state index in [1.165, 1.54) is 0 Å². The number of fused-ring (bicyclic) bond motifs is 1. The predicted molar refractivity (Wildman–Crippen MR) is 94.9 cm³/mol. The molecule has 1 unspecified atom stereocenters. The lowest BCUT2D eigenvalue weighted by Gasteiger charge is -2.36.